The molecule has 1 N–H and O–H groups in total. The van der Waals surface area contributed by atoms with Gasteiger partial charge >= 0.3 is 0 Å². The van der Waals surface area contributed by atoms with Gasteiger partial charge in [0.15, 0.2) is 0 Å². The van der Waals surface area contributed by atoms with Crippen molar-refractivity contribution in [2.75, 3.05) is 13.2 Å². The first-order valence-electron chi connectivity index (χ1n) is 7.16. The van der Waals surface area contributed by atoms with Crippen LogP contribution in [-0.4, -0.2) is 25.2 Å². The van der Waals surface area contributed by atoms with Crippen molar-refractivity contribution >= 4 is 5.91 Å². The van der Waals surface area contributed by atoms with Gasteiger partial charge < -0.3 is 10.1 Å². The predicted octanol–water partition coefficient (Wildman–Crippen LogP) is 3.38. The SMILES string of the molecule is CCCC(CNC(=O)c1c(C)cc(F)cc1C)OCC. The Morgan fingerprint density at radius 1 is 1.30 bits per heavy atom. The van der Waals surface area contributed by atoms with Gasteiger partial charge in [0.25, 0.3) is 5.91 Å². The summed E-state index contributed by atoms with van der Waals surface area (Å²) in [5.41, 5.74) is 1.87. The predicted molar refractivity (Wildman–Crippen MR) is 78.5 cm³/mol. The molecular formula is C16H24FNO2. The van der Waals surface area contributed by atoms with Crippen LogP contribution in [0.2, 0.25) is 0 Å². The number of nitrogens with one attached hydrogen (secondary N) is 1. The molecule has 1 rings (SSSR count). The van der Waals surface area contributed by atoms with E-state index in [2.05, 4.69) is 12.2 Å². The van der Waals surface area contributed by atoms with E-state index in [0.717, 1.165) is 12.8 Å². The molecule has 1 aromatic carbocycles. The summed E-state index contributed by atoms with van der Waals surface area (Å²) in [7, 11) is 0. The summed E-state index contributed by atoms with van der Waals surface area (Å²) in [6.07, 6.45) is 1.96. The fourth-order valence-corrected chi connectivity index (χ4v) is 2.37. The Balaban J connectivity index is 2.71. The van der Waals surface area contributed by atoms with Gasteiger partial charge in [0.05, 0.1) is 6.10 Å². The summed E-state index contributed by atoms with van der Waals surface area (Å²) in [6.45, 7) is 8.64. The second-order valence-corrected chi connectivity index (χ2v) is 4.99. The van der Waals surface area contributed by atoms with E-state index < -0.39 is 0 Å². The Kier molecular flexibility index (Phi) is 6.65. The van der Waals surface area contributed by atoms with Crippen LogP contribution >= 0.6 is 0 Å². The zero-order valence-electron chi connectivity index (χ0n) is 12.8. The molecule has 112 valence electrons. The summed E-state index contributed by atoms with van der Waals surface area (Å²) in [4.78, 5) is 12.2. The summed E-state index contributed by atoms with van der Waals surface area (Å²) < 4.78 is 18.8. The number of amides is 1. The normalized spacial score (nSPS) is 12.2. The fourth-order valence-electron chi connectivity index (χ4n) is 2.37. The van der Waals surface area contributed by atoms with Gasteiger partial charge in [0, 0.05) is 18.7 Å². The average Bonchev–Trinajstić information content (AvgIpc) is 2.35. The van der Waals surface area contributed by atoms with Crippen LogP contribution in [-0.2, 0) is 4.74 Å². The molecular weight excluding hydrogens is 257 g/mol. The third-order valence-electron chi connectivity index (χ3n) is 3.23. The fraction of sp³-hybridized carbons (Fsp3) is 0.562. The van der Waals surface area contributed by atoms with Crippen LogP contribution in [0, 0.1) is 19.7 Å². The van der Waals surface area contributed by atoms with Crippen molar-refractivity contribution in [1.29, 1.82) is 0 Å². The molecule has 0 saturated carbocycles. The summed E-state index contributed by atoms with van der Waals surface area (Å²) >= 11 is 0. The minimum atomic E-state index is -0.310. The van der Waals surface area contributed by atoms with Gasteiger partial charge in [-0.05, 0) is 50.5 Å². The van der Waals surface area contributed by atoms with Crippen LogP contribution in [0.3, 0.4) is 0 Å². The van der Waals surface area contributed by atoms with Crippen molar-refractivity contribution in [2.24, 2.45) is 0 Å². The van der Waals surface area contributed by atoms with Crippen LogP contribution in [0.5, 0.6) is 0 Å². The van der Waals surface area contributed by atoms with Crippen LogP contribution in [0.25, 0.3) is 0 Å². The van der Waals surface area contributed by atoms with Crippen molar-refractivity contribution in [3.05, 3.63) is 34.6 Å². The molecule has 0 bridgehead atoms. The van der Waals surface area contributed by atoms with Gasteiger partial charge in [0.2, 0.25) is 0 Å². The summed E-state index contributed by atoms with van der Waals surface area (Å²) in [5, 5.41) is 2.88. The lowest BCUT2D eigenvalue weighted by Gasteiger charge is -2.18. The molecule has 0 saturated heterocycles. The molecule has 20 heavy (non-hydrogen) atoms. The molecule has 1 unspecified atom stereocenters. The van der Waals surface area contributed by atoms with E-state index in [-0.39, 0.29) is 17.8 Å². The average molecular weight is 281 g/mol. The monoisotopic (exact) mass is 281 g/mol. The highest BCUT2D eigenvalue weighted by Crippen LogP contribution is 2.16. The maximum atomic E-state index is 13.2. The maximum absolute atomic E-state index is 13.2. The molecule has 3 nitrogen and oxygen atoms in total. The highest BCUT2D eigenvalue weighted by Gasteiger charge is 2.15. The number of carbonyl (C=O) groups excluding carboxylic acids is 1. The van der Waals surface area contributed by atoms with Gasteiger partial charge in [-0.25, -0.2) is 4.39 Å². The number of benzene rings is 1. The molecule has 0 fully saturated rings. The zero-order chi connectivity index (χ0) is 15.1. The second-order valence-electron chi connectivity index (χ2n) is 4.99. The number of ether oxygens (including phenoxy) is 1. The molecule has 0 heterocycles. The largest absolute Gasteiger partial charge is 0.377 e. The van der Waals surface area contributed by atoms with Crippen LogP contribution in [0.15, 0.2) is 12.1 Å². The molecule has 0 spiro atoms. The van der Waals surface area contributed by atoms with Crippen molar-refractivity contribution in [2.45, 2.75) is 46.6 Å². The highest BCUT2D eigenvalue weighted by molar-refractivity contribution is 5.97. The number of aryl methyl sites for hydroxylation is 2. The lowest BCUT2D eigenvalue weighted by Crippen LogP contribution is -2.34. The van der Waals surface area contributed by atoms with Gasteiger partial charge in [-0.3, -0.25) is 4.79 Å². The summed E-state index contributed by atoms with van der Waals surface area (Å²) in [6, 6.07) is 2.77. The van der Waals surface area contributed by atoms with E-state index >= 15 is 0 Å². The lowest BCUT2D eigenvalue weighted by atomic mass is 10.0. The Hall–Kier alpha value is -1.42. The molecule has 0 radical (unpaired) electrons. The Morgan fingerprint density at radius 2 is 1.90 bits per heavy atom. The van der Waals surface area contributed by atoms with Crippen molar-refractivity contribution < 1.29 is 13.9 Å². The number of carbonyl (C=O) groups is 1. The van der Waals surface area contributed by atoms with Crippen LogP contribution < -0.4 is 5.32 Å². The maximum Gasteiger partial charge on any atom is 0.251 e. The molecule has 0 aromatic heterocycles. The molecule has 4 heteroatoms. The standard InChI is InChI=1S/C16H24FNO2/c1-5-7-14(20-6-2)10-18-16(19)15-11(3)8-13(17)9-12(15)4/h8-9,14H,5-7,10H2,1-4H3,(H,18,19). The number of hydrogen-bond acceptors (Lipinski definition) is 2. The first-order valence-corrected chi connectivity index (χ1v) is 7.16. The van der Waals surface area contributed by atoms with E-state index in [1.165, 1.54) is 12.1 Å². The Bertz CT molecular complexity index is 431. The molecule has 0 aliphatic carbocycles. The smallest absolute Gasteiger partial charge is 0.251 e. The van der Waals surface area contributed by atoms with Crippen LogP contribution in [0.4, 0.5) is 4.39 Å². The number of rotatable bonds is 7. The minimum absolute atomic E-state index is 0.0370. The van der Waals surface area contributed by atoms with Gasteiger partial charge in [-0.15, -0.1) is 0 Å². The Labute approximate surface area is 120 Å². The van der Waals surface area contributed by atoms with E-state index in [0.29, 0.717) is 29.8 Å². The van der Waals surface area contributed by atoms with E-state index in [9.17, 15) is 9.18 Å². The third kappa shape index (κ3) is 4.60. The summed E-state index contributed by atoms with van der Waals surface area (Å²) in [5.74, 6) is -0.476. The topological polar surface area (TPSA) is 38.3 Å². The third-order valence-corrected chi connectivity index (χ3v) is 3.23. The molecule has 0 aliphatic heterocycles. The zero-order valence-corrected chi connectivity index (χ0v) is 12.8. The van der Waals surface area contributed by atoms with Crippen molar-refractivity contribution in [3.8, 4) is 0 Å². The van der Waals surface area contributed by atoms with Crippen molar-refractivity contribution in [1.82, 2.24) is 5.32 Å². The van der Waals surface area contributed by atoms with Gasteiger partial charge in [-0.2, -0.15) is 0 Å². The lowest BCUT2D eigenvalue weighted by molar-refractivity contribution is 0.0534. The quantitative estimate of drug-likeness (QED) is 0.832. The highest BCUT2D eigenvalue weighted by atomic mass is 19.1. The first-order chi connectivity index (χ1) is 9.49. The molecule has 1 atom stereocenters. The Morgan fingerprint density at radius 3 is 2.40 bits per heavy atom. The number of halogens is 1. The number of hydrogen-bond donors (Lipinski definition) is 1. The van der Waals surface area contributed by atoms with Gasteiger partial charge in [0.1, 0.15) is 5.82 Å². The van der Waals surface area contributed by atoms with E-state index in [1.807, 2.05) is 6.92 Å². The van der Waals surface area contributed by atoms with E-state index in [4.69, 9.17) is 4.74 Å². The van der Waals surface area contributed by atoms with Crippen LogP contribution in [0.1, 0.15) is 48.2 Å². The molecule has 1 aromatic rings. The van der Waals surface area contributed by atoms with E-state index in [1.54, 1.807) is 13.8 Å². The molecule has 0 aliphatic rings. The first kappa shape index (κ1) is 16.6. The minimum Gasteiger partial charge on any atom is -0.377 e. The second kappa shape index (κ2) is 8.00. The molecule has 1 amide bonds. The van der Waals surface area contributed by atoms with Gasteiger partial charge in [-0.1, -0.05) is 13.3 Å². The van der Waals surface area contributed by atoms with Crippen molar-refractivity contribution in [3.63, 3.8) is 0 Å².